The highest BCUT2D eigenvalue weighted by atomic mass is 35.5. The van der Waals surface area contributed by atoms with Crippen LogP contribution >= 0.6 is 11.6 Å². The highest BCUT2D eigenvalue weighted by molar-refractivity contribution is 6.30. The number of carbonyl (C=O) groups is 1. The van der Waals surface area contributed by atoms with Crippen molar-refractivity contribution < 1.29 is 4.79 Å². The first kappa shape index (κ1) is 14.3. The first-order valence-corrected chi connectivity index (χ1v) is 7.38. The van der Waals surface area contributed by atoms with Crippen molar-refractivity contribution in [3.05, 3.63) is 40.4 Å². The monoisotopic (exact) mass is 276 g/mol. The summed E-state index contributed by atoms with van der Waals surface area (Å²) in [5.41, 5.74) is 2.04. The minimum atomic E-state index is 0.190. The van der Waals surface area contributed by atoms with Crippen molar-refractivity contribution in [3.8, 4) is 0 Å². The third-order valence-corrected chi connectivity index (χ3v) is 4.31. The molecule has 1 aromatic carbocycles. The van der Waals surface area contributed by atoms with Gasteiger partial charge in [-0.15, -0.1) is 0 Å². The molecule has 0 bridgehead atoms. The number of ketones is 1. The molecule has 102 valence electrons. The molecular formula is C17H21ClO. The van der Waals surface area contributed by atoms with Gasteiger partial charge in [0.25, 0.3) is 0 Å². The molecule has 1 fully saturated rings. The molecule has 0 aliphatic heterocycles. The molecule has 0 radical (unpaired) electrons. The lowest BCUT2D eigenvalue weighted by atomic mass is 9.73. The van der Waals surface area contributed by atoms with Gasteiger partial charge < -0.3 is 0 Å². The summed E-state index contributed by atoms with van der Waals surface area (Å²) in [6.45, 7) is 6.42. The van der Waals surface area contributed by atoms with Gasteiger partial charge in [0.2, 0.25) is 0 Å². The second-order valence-corrected chi connectivity index (χ2v) is 6.28. The van der Waals surface area contributed by atoms with Crippen LogP contribution < -0.4 is 0 Å². The maximum Gasteiger partial charge on any atom is 0.162 e. The molecule has 2 atom stereocenters. The Morgan fingerprint density at radius 2 is 1.84 bits per heavy atom. The Hall–Kier alpha value is -1.08. The summed E-state index contributed by atoms with van der Waals surface area (Å²) in [6.07, 6.45) is 4.17. The van der Waals surface area contributed by atoms with E-state index in [0.29, 0.717) is 17.6 Å². The van der Waals surface area contributed by atoms with Crippen LogP contribution in [0.3, 0.4) is 0 Å². The Balaban J connectivity index is 2.29. The Bertz CT molecular complexity index is 484. The summed E-state index contributed by atoms with van der Waals surface area (Å²) < 4.78 is 0. The van der Waals surface area contributed by atoms with Crippen molar-refractivity contribution in [1.82, 2.24) is 0 Å². The van der Waals surface area contributed by atoms with Gasteiger partial charge in [-0.3, -0.25) is 4.79 Å². The fraction of sp³-hybridized carbons (Fsp3) is 0.471. The standard InChI is InChI=1S/C17H21ClO/c1-11(2)15-9-4-12(3)16(17(15)19)10-13-5-7-14(18)8-6-13/h5-8,10-12,15H,4,9H2,1-3H3/t12-,15-/m1/s1. The van der Waals surface area contributed by atoms with E-state index in [1.807, 2.05) is 30.3 Å². The van der Waals surface area contributed by atoms with Crippen molar-refractivity contribution in [2.75, 3.05) is 0 Å². The molecule has 1 aliphatic rings. The van der Waals surface area contributed by atoms with Gasteiger partial charge in [0.1, 0.15) is 0 Å². The van der Waals surface area contributed by atoms with Crippen LogP contribution in [0.5, 0.6) is 0 Å². The molecule has 19 heavy (non-hydrogen) atoms. The largest absolute Gasteiger partial charge is 0.294 e. The number of rotatable bonds is 2. The Morgan fingerprint density at radius 1 is 1.21 bits per heavy atom. The van der Waals surface area contributed by atoms with Crippen LogP contribution in [-0.2, 0) is 4.79 Å². The number of Topliss-reactive ketones (excluding diaryl/α,β-unsaturated/α-hetero) is 1. The lowest BCUT2D eigenvalue weighted by molar-refractivity contribution is -0.122. The van der Waals surface area contributed by atoms with Crippen molar-refractivity contribution in [1.29, 1.82) is 0 Å². The highest BCUT2D eigenvalue weighted by Gasteiger charge is 2.32. The van der Waals surface area contributed by atoms with Crippen LogP contribution in [0.4, 0.5) is 0 Å². The maximum absolute atomic E-state index is 12.6. The second kappa shape index (κ2) is 5.92. The number of halogens is 1. The smallest absolute Gasteiger partial charge is 0.162 e. The highest BCUT2D eigenvalue weighted by Crippen LogP contribution is 2.35. The normalized spacial score (nSPS) is 26.2. The van der Waals surface area contributed by atoms with Crippen molar-refractivity contribution in [3.63, 3.8) is 0 Å². The van der Waals surface area contributed by atoms with E-state index in [4.69, 9.17) is 11.6 Å². The zero-order valence-corrected chi connectivity index (χ0v) is 12.6. The van der Waals surface area contributed by atoms with E-state index in [-0.39, 0.29) is 5.92 Å². The fourth-order valence-corrected chi connectivity index (χ4v) is 2.89. The average Bonchev–Trinajstić information content (AvgIpc) is 2.36. The van der Waals surface area contributed by atoms with Crippen molar-refractivity contribution in [2.45, 2.75) is 33.6 Å². The third-order valence-electron chi connectivity index (χ3n) is 4.06. The van der Waals surface area contributed by atoms with Crippen molar-refractivity contribution >= 4 is 23.5 Å². The van der Waals surface area contributed by atoms with Gasteiger partial charge in [0, 0.05) is 10.9 Å². The van der Waals surface area contributed by atoms with E-state index in [1.165, 1.54) is 0 Å². The van der Waals surface area contributed by atoms with Gasteiger partial charge in [-0.1, -0.05) is 44.5 Å². The van der Waals surface area contributed by atoms with Crippen LogP contribution in [0.1, 0.15) is 39.2 Å². The van der Waals surface area contributed by atoms with Crippen LogP contribution in [0, 0.1) is 17.8 Å². The Labute approximate surface area is 120 Å². The summed E-state index contributed by atoms with van der Waals surface area (Å²) >= 11 is 5.89. The minimum absolute atomic E-state index is 0.190. The van der Waals surface area contributed by atoms with Crippen molar-refractivity contribution in [2.24, 2.45) is 17.8 Å². The number of hydrogen-bond donors (Lipinski definition) is 0. The lowest BCUT2D eigenvalue weighted by Gasteiger charge is -2.30. The van der Waals surface area contributed by atoms with E-state index in [0.717, 1.165) is 29.0 Å². The summed E-state index contributed by atoms with van der Waals surface area (Å²) in [5.74, 6) is 1.31. The van der Waals surface area contributed by atoms with Crippen LogP contribution in [0.25, 0.3) is 6.08 Å². The molecule has 0 N–H and O–H groups in total. The van der Waals surface area contributed by atoms with Crippen LogP contribution in [0.2, 0.25) is 5.02 Å². The van der Waals surface area contributed by atoms with E-state index in [2.05, 4.69) is 20.8 Å². The molecule has 0 spiro atoms. The fourth-order valence-electron chi connectivity index (χ4n) is 2.76. The van der Waals surface area contributed by atoms with E-state index >= 15 is 0 Å². The lowest BCUT2D eigenvalue weighted by Crippen LogP contribution is -2.30. The molecule has 0 unspecified atom stereocenters. The van der Waals surface area contributed by atoms with Gasteiger partial charge >= 0.3 is 0 Å². The number of hydrogen-bond acceptors (Lipinski definition) is 1. The molecule has 1 nitrogen and oxygen atoms in total. The SMILES string of the molecule is CC(C)[C@H]1CC[C@@H](C)C(=Cc2ccc(Cl)cc2)C1=O. The average molecular weight is 277 g/mol. The van der Waals surface area contributed by atoms with Gasteiger partial charge in [0.15, 0.2) is 5.78 Å². The van der Waals surface area contributed by atoms with E-state index in [9.17, 15) is 4.79 Å². The molecule has 1 aromatic rings. The molecule has 2 heteroatoms. The molecule has 0 heterocycles. The Morgan fingerprint density at radius 3 is 2.42 bits per heavy atom. The number of benzene rings is 1. The van der Waals surface area contributed by atoms with Crippen LogP contribution in [-0.4, -0.2) is 5.78 Å². The molecule has 2 rings (SSSR count). The minimum Gasteiger partial charge on any atom is -0.294 e. The maximum atomic E-state index is 12.6. The summed E-state index contributed by atoms with van der Waals surface area (Å²) in [4.78, 5) is 12.6. The quantitative estimate of drug-likeness (QED) is 0.695. The molecular weight excluding hydrogens is 256 g/mol. The number of carbonyl (C=O) groups excluding carboxylic acids is 1. The third kappa shape index (κ3) is 3.27. The van der Waals surface area contributed by atoms with Gasteiger partial charge in [-0.25, -0.2) is 0 Å². The summed E-state index contributed by atoms with van der Waals surface area (Å²) in [7, 11) is 0. The van der Waals surface area contributed by atoms with Crippen LogP contribution in [0.15, 0.2) is 29.8 Å². The molecule has 0 amide bonds. The van der Waals surface area contributed by atoms with Gasteiger partial charge in [-0.05, 0) is 54.0 Å². The predicted octanol–water partition coefficient (Wildman–Crippen LogP) is 4.99. The molecule has 0 aromatic heterocycles. The first-order chi connectivity index (χ1) is 8.99. The van der Waals surface area contributed by atoms with Gasteiger partial charge in [-0.2, -0.15) is 0 Å². The molecule has 1 aliphatic carbocycles. The predicted molar refractivity (Wildman–Crippen MR) is 81.2 cm³/mol. The zero-order chi connectivity index (χ0) is 14.0. The Kier molecular flexibility index (Phi) is 4.46. The topological polar surface area (TPSA) is 17.1 Å². The molecule has 1 saturated carbocycles. The second-order valence-electron chi connectivity index (χ2n) is 5.84. The van der Waals surface area contributed by atoms with E-state index < -0.39 is 0 Å². The summed E-state index contributed by atoms with van der Waals surface area (Å²) in [6, 6.07) is 7.67. The van der Waals surface area contributed by atoms with Gasteiger partial charge in [0.05, 0.1) is 0 Å². The zero-order valence-electron chi connectivity index (χ0n) is 11.8. The molecule has 0 saturated heterocycles. The first-order valence-electron chi connectivity index (χ1n) is 7.00. The van der Waals surface area contributed by atoms with E-state index in [1.54, 1.807) is 0 Å². The number of allylic oxidation sites excluding steroid dienone is 1. The summed E-state index contributed by atoms with van der Waals surface area (Å²) in [5, 5.41) is 0.727.